The number of ether oxygens (including phenoxy) is 1. The van der Waals surface area contributed by atoms with Crippen LogP contribution in [0.1, 0.15) is 27.6 Å². The number of benzene rings is 1. The van der Waals surface area contributed by atoms with Crippen molar-refractivity contribution in [1.82, 2.24) is 9.70 Å². The normalized spacial score (nSPS) is 14.4. The molecule has 0 saturated heterocycles. The third-order valence-corrected chi connectivity index (χ3v) is 5.45. The maximum Gasteiger partial charge on any atom is 0.324 e. The Morgan fingerprint density at radius 1 is 1.42 bits per heavy atom. The lowest BCUT2D eigenvalue weighted by Crippen LogP contribution is -2.43. The van der Waals surface area contributed by atoms with Crippen molar-refractivity contribution in [3.05, 3.63) is 29.4 Å². The number of carbonyl (C=O) groups is 2. The molecule has 1 aromatic carbocycles. The number of sulfonamides is 1. The molecule has 0 aliphatic heterocycles. The summed E-state index contributed by atoms with van der Waals surface area (Å²) in [6.45, 7) is 1.64. The van der Waals surface area contributed by atoms with Crippen LogP contribution in [-0.4, -0.2) is 49.0 Å². The Bertz CT molecular complexity index is 1210. The summed E-state index contributed by atoms with van der Waals surface area (Å²) in [6.07, 6.45) is 0.975. The summed E-state index contributed by atoms with van der Waals surface area (Å²) in [5, 5.41) is 9.75. The smallest absolute Gasteiger partial charge is 0.324 e. The molecule has 168 valence electrons. The number of nitrogens with one attached hydrogen (secondary N) is 1. The second-order valence-corrected chi connectivity index (χ2v) is 8.26. The minimum absolute atomic E-state index is 0.0652. The van der Waals surface area contributed by atoms with Gasteiger partial charge in [0.1, 0.15) is 7.43 Å². The van der Waals surface area contributed by atoms with Gasteiger partial charge in [-0.15, -0.1) is 0 Å². The van der Waals surface area contributed by atoms with Gasteiger partial charge in [0.15, 0.2) is 11.8 Å². The van der Waals surface area contributed by atoms with E-state index in [1.54, 1.807) is 6.92 Å². The molecule has 0 bridgehead atoms. The lowest BCUT2D eigenvalue weighted by Gasteiger charge is -2.16. The van der Waals surface area contributed by atoms with Crippen molar-refractivity contribution in [3.8, 4) is 0 Å². The fourth-order valence-corrected chi connectivity index (χ4v) is 3.68. The first kappa shape index (κ1) is 21.3. The molecule has 31 heavy (non-hydrogen) atoms. The standard InChI is InChI=1S/C18H22ClN5O6S/c1-2-3-6-30-17(27)14(8-15(25)26)24-31(28,29)10-4-5-11-12(7-10)16(23-18(20)21)22-9-13(11)19/h4-5,7,9,14,24H,2-3,6,8H2,1H3,(H,25,26)(H4,20,21,22,23)/t14-/m1/s1/i14T/hT. The molecule has 1 heterocycles. The highest BCUT2D eigenvalue weighted by atomic mass is 35.5. The first-order chi connectivity index (χ1) is 15.3. The Hall–Kier alpha value is -2.96. The fraction of sp³-hybridized carbons (Fsp3) is 0.333. The number of unbranched alkanes of at least 4 members (excludes halogenated alkanes) is 1. The molecular weight excluding hydrogens is 450 g/mol. The van der Waals surface area contributed by atoms with Crippen molar-refractivity contribution in [1.29, 1.82) is 0 Å². The number of hydrogen-bond donors (Lipinski definition) is 4. The van der Waals surface area contributed by atoms with Crippen LogP contribution in [0.4, 0.5) is 5.82 Å². The minimum Gasteiger partial charge on any atom is -0.481 e. The number of halogens is 1. The van der Waals surface area contributed by atoms with Crippen molar-refractivity contribution in [2.45, 2.75) is 37.1 Å². The van der Waals surface area contributed by atoms with Gasteiger partial charge in [0.25, 0.3) is 0 Å². The van der Waals surface area contributed by atoms with Gasteiger partial charge in [0.2, 0.25) is 10.0 Å². The molecular formula is C18H22ClN5O6S. The number of aliphatic carboxylic acids is 1. The van der Waals surface area contributed by atoms with Crippen LogP contribution in [0.5, 0.6) is 0 Å². The largest absolute Gasteiger partial charge is 0.481 e. The summed E-state index contributed by atoms with van der Waals surface area (Å²) in [5.41, 5.74) is 10.8. The molecule has 1 aromatic heterocycles. The van der Waals surface area contributed by atoms with E-state index >= 15 is 0 Å². The third-order valence-electron chi connectivity index (χ3n) is 3.84. The highest BCUT2D eigenvalue weighted by Gasteiger charge is 2.29. The molecule has 11 nitrogen and oxygen atoms in total. The number of nitrogens with two attached hydrogens (primary N) is 2. The molecule has 0 unspecified atom stereocenters. The van der Waals surface area contributed by atoms with E-state index in [0.29, 0.717) is 18.2 Å². The number of carbonyl (C=O) groups excluding carboxylic acids is 1. The number of hydrogen-bond acceptors (Lipinski definition) is 7. The molecule has 2 aromatic rings. The van der Waals surface area contributed by atoms with Crippen molar-refractivity contribution in [2.75, 3.05) is 6.61 Å². The average Bonchev–Trinajstić information content (AvgIpc) is 2.74. The molecule has 2 rings (SSSR count). The van der Waals surface area contributed by atoms with Gasteiger partial charge in [-0.05, 0) is 18.6 Å². The Morgan fingerprint density at radius 2 is 2.13 bits per heavy atom. The Balaban J connectivity index is 2.60. The van der Waals surface area contributed by atoms with Gasteiger partial charge in [-0.2, -0.15) is 9.71 Å². The topological polar surface area (TPSA) is 187 Å². The van der Waals surface area contributed by atoms with Crippen LogP contribution in [0.3, 0.4) is 0 Å². The van der Waals surface area contributed by atoms with Crippen LogP contribution in [0.25, 0.3) is 10.8 Å². The van der Waals surface area contributed by atoms with Crippen LogP contribution in [0.15, 0.2) is 34.3 Å². The Kier molecular flexibility index (Phi) is 7.12. The molecule has 0 amide bonds. The molecule has 0 saturated carbocycles. The van der Waals surface area contributed by atoms with Crippen molar-refractivity contribution < 1.29 is 30.6 Å². The Morgan fingerprint density at radius 3 is 2.74 bits per heavy atom. The van der Waals surface area contributed by atoms with Gasteiger partial charge in [0, 0.05) is 17.0 Å². The van der Waals surface area contributed by atoms with Crippen LogP contribution in [-0.2, 0) is 24.3 Å². The molecule has 0 aliphatic carbocycles. The highest BCUT2D eigenvalue weighted by molar-refractivity contribution is 7.89. The minimum atomic E-state index is -4.90. The first-order valence-corrected chi connectivity index (χ1v) is 10.8. The summed E-state index contributed by atoms with van der Waals surface area (Å²) >= 11 is 6.10. The SMILES string of the molecule is [3H]N([C@]([3H])(CC(=O)O)C(=O)OCCCC)S(=O)(=O)c1ccc2c(Cl)cnc(N=C(N)N)c2c1. The number of carboxylic acid groups (broad SMARTS) is 1. The summed E-state index contributed by atoms with van der Waals surface area (Å²) in [5.74, 6) is -3.58. The van der Waals surface area contributed by atoms with E-state index < -0.39 is 39.3 Å². The number of pyridine rings is 1. The molecule has 6 N–H and O–H groups in total. The molecule has 0 aliphatic rings. The molecule has 0 spiro atoms. The average molecular weight is 476 g/mol. The van der Waals surface area contributed by atoms with E-state index in [0.717, 1.165) is 12.1 Å². The van der Waals surface area contributed by atoms with E-state index in [-0.39, 0.29) is 33.5 Å². The highest BCUT2D eigenvalue weighted by Crippen LogP contribution is 2.31. The third kappa shape index (κ3) is 6.51. The van der Waals surface area contributed by atoms with Crippen molar-refractivity contribution in [2.24, 2.45) is 16.5 Å². The summed E-state index contributed by atoms with van der Waals surface area (Å²) in [7, 11) is -4.90. The van der Waals surface area contributed by atoms with E-state index in [2.05, 4.69) is 9.98 Å². The lowest BCUT2D eigenvalue weighted by atomic mass is 10.1. The summed E-state index contributed by atoms with van der Waals surface area (Å²) < 4.78 is 47.1. The number of carboxylic acids is 1. The number of rotatable bonds is 10. The molecule has 0 fully saturated rings. The summed E-state index contributed by atoms with van der Waals surface area (Å²) in [6, 6.07) is 0.348. The molecule has 0 radical (unpaired) electrons. The second kappa shape index (κ2) is 10.4. The van der Waals surface area contributed by atoms with E-state index in [9.17, 15) is 18.0 Å². The quantitative estimate of drug-likeness (QED) is 0.170. The van der Waals surface area contributed by atoms with Crippen LogP contribution in [0, 0.1) is 0 Å². The van der Waals surface area contributed by atoms with Gasteiger partial charge in [0.05, 0.1) is 24.3 Å². The van der Waals surface area contributed by atoms with Crippen molar-refractivity contribution in [3.63, 3.8) is 0 Å². The number of fused-ring (bicyclic) bond motifs is 1. The number of esters is 1. The zero-order valence-electron chi connectivity index (χ0n) is 18.4. The van der Waals surface area contributed by atoms with Crippen molar-refractivity contribution >= 4 is 56.1 Å². The number of aliphatic imine (C=N–C) groups is 1. The van der Waals surface area contributed by atoms with E-state index in [4.69, 9.17) is 35.7 Å². The van der Waals surface area contributed by atoms with Crippen LogP contribution < -0.4 is 16.2 Å². The molecule has 13 heteroatoms. The Labute approximate surface area is 186 Å². The van der Waals surface area contributed by atoms with Gasteiger partial charge in [-0.1, -0.05) is 31.0 Å². The van der Waals surface area contributed by atoms with Crippen LogP contribution in [0.2, 0.25) is 6.43 Å². The maximum atomic E-state index is 13.1. The van der Waals surface area contributed by atoms with Gasteiger partial charge in [-0.3, -0.25) is 9.59 Å². The maximum absolute atomic E-state index is 13.1. The van der Waals surface area contributed by atoms with E-state index in [1.807, 2.05) is 0 Å². The zero-order chi connectivity index (χ0) is 25.0. The summed E-state index contributed by atoms with van der Waals surface area (Å²) in [4.78, 5) is 30.9. The van der Waals surface area contributed by atoms with E-state index in [1.165, 1.54) is 12.3 Å². The lowest BCUT2D eigenvalue weighted by molar-refractivity contribution is -0.150. The zero-order valence-corrected chi connectivity index (χ0v) is 18.0. The molecule has 1 atom stereocenters. The predicted octanol–water partition coefficient (Wildman–Crippen LogP) is 1.26. The number of nitrogens with zero attached hydrogens (tertiary/aromatic N) is 2. The number of aromatic nitrogens is 1. The first-order valence-electron chi connectivity index (χ1n) is 9.90. The fourth-order valence-electron chi connectivity index (χ4n) is 2.42. The van der Waals surface area contributed by atoms with Gasteiger partial charge in [-0.25, -0.2) is 13.4 Å². The van der Waals surface area contributed by atoms with Crippen LogP contribution >= 0.6 is 11.6 Å². The van der Waals surface area contributed by atoms with Gasteiger partial charge >= 0.3 is 11.9 Å². The second-order valence-electron chi connectivity index (χ2n) is 6.25. The predicted molar refractivity (Wildman–Crippen MR) is 114 cm³/mol. The monoisotopic (exact) mass is 475 g/mol. The van der Waals surface area contributed by atoms with Gasteiger partial charge < -0.3 is 21.3 Å². The number of guanidine groups is 1.